The van der Waals surface area contributed by atoms with E-state index in [0.717, 1.165) is 35.3 Å². The first-order valence-corrected chi connectivity index (χ1v) is 7.98. The summed E-state index contributed by atoms with van der Waals surface area (Å²) >= 11 is 3.68. The lowest BCUT2D eigenvalue weighted by Crippen LogP contribution is -2.30. The van der Waals surface area contributed by atoms with Crippen molar-refractivity contribution in [1.82, 2.24) is 15.1 Å². The van der Waals surface area contributed by atoms with Gasteiger partial charge in [-0.05, 0) is 66.4 Å². The van der Waals surface area contributed by atoms with Crippen molar-refractivity contribution in [3.8, 4) is 0 Å². The number of halogens is 1. The lowest BCUT2D eigenvalue weighted by Gasteiger charge is -2.26. The minimum Gasteiger partial charge on any atom is -0.309 e. The zero-order valence-corrected chi connectivity index (χ0v) is 12.8. The van der Waals surface area contributed by atoms with E-state index in [-0.39, 0.29) is 0 Å². The van der Waals surface area contributed by atoms with Crippen molar-refractivity contribution in [2.24, 2.45) is 17.8 Å². The normalized spacial score (nSPS) is 31.4. The first kappa shape index (κ1) is 12.7. The third-order valence-corrected chi connectivity index (χ3v) is 5.21. The molecule has 0 aliphatic heterocycles. The molecule has 3 atom stereocenters. The van der Waals surface area contributed by atoms with E-state index in [4.69, 9.17) is 0 Å². The van der Waals surface area contributed by atoms with E-state index in [2.05, 4.69) is 44.9 Å². The van der Waals surface area contributed by atoms with Crippen LogP contribution in [0.1, 0.15) is 44.8 Å². The molecule has 3 rings (SSSR count). The van der Waals surface area contributed by atoms with Crippen LogP contribution in [0.25, 0.3) is 0 Å². The van der Waals surface area contributed by atoms with Crippen molar-refractivity contribution < 1.29 is 0 Å². The third-order valence-electron chi connectivity index (χ3n) is 4.60. The molecule has 0 saturated heterocycles. The molecule has 3 nitrogen and oxygen atoms in total. The second-order valence-electron chi connectivity index (χ2n) is 5.72. The van der Waals surface area contributed by atoms with E-state index in [1.807, 2.05) is 6.20 Å². The molecule has 1 N–H and O–H groups in total. The van der Waals surface area contributed by atoms with Crippen molar-refractivity contribution in [2.45, 2.75) is 45.7 Å². The minimum absolute atomic E-state index is 0.472. The van der Waals surface area contributed by atoms with Crippen LogP contribution in [0, 0.1) is 17.8 Å². The van der Waals surface area contributed by atoms with Gasteiger partial charge in [0.2, 0.25) is 0 Å². The van der Waals surface area contributed by atoms with Gasteiger partial charge in [-0.3, -0.25) is 4.68 Å². The molecule has 1 aromatic rings. The van der Waals surface area contributed by atoms with E-state index < -0.39 is 0 Å². The van der Waals surface area contributed by atoms with Gasteiger partial charge >= 0.3 is 0 Å². The Morgan fingerprint density at radius 3 is 2.72 bits per heavy atom. The summed E-state index contributed by atoms with van der Waals surface area (Å²) < 4.78 is 3.30. The van der Waals surface area contributed by atoms with E-state index >= 15 is 0 Å². The first-order valence-electron chi connectivity index (χ1n) is 7.19. The number of aromatic nitrogens is 2. The Morgan fingerprint density at radius 2 is 2.11 bits per heavy atom. The van der Waals surface area contributed by atoms with Crippen LogP contribution in [0.5, 0.6) is 0 Å². The number of aryl methyl sites for hydroxylation is 1. The summed E-state index contributed by atoms with van der Waals surface area (Å²) in [5, 5.41) is 8.16. The summed E-state index contributed by atoms with van der Waals surface area (Å²) in [5.41, 5.74) is 1.35. The predicted molar refractivity (Wildman–Crippen MR) is 76.3 cm³/mol. The van der Waals surface area contributed by atoms with Gasteiger partial charge in [-0.1, -0.05) is 6.92 Å². The smallest absolute Gasteiger partial charge is 0.0698 e. The summed E-state index contributed by atoms with van der Waals surface area (Å²) in [4.78, 5) is 0. The van der Waals surface area contributed by atoms with Crippen LogP contribution in [0.15, 0.2) is 10.7 Å². The number of nitrogens with one attached hydrogen (secondary N) is 1. The highest BCUT2D eigenvalue weighted by Gasteiger charge is 2.48. The summed E-state index contributed by atoms with van der Waals surface area (Å²) in [6, 6.07) is 0.472. The number of fused-ring (bicyclic) bond motifs is 1. The molecule has 2 aliphatic carbocycles. The highest BCUT2D eigenvalue weighted by Crippen LogP contribution is 2.57. The molecule has 0 bridgehead atoms. The molecule has 100 valence electrons. The van der Waals surface area contributed by atoms with Gasteiger partial charge in [0.15, 0.2) is 0 Å². The van der Waals surface area contributed by atoms with Gasteiger partial charge in [-0.2, -0.15) is 5.10 Å². The van der Waals surface area contributed by atoms with Crippen molar-refractivity contribution in [2.75, 3.05) is 6.54 Å². The van der Waals surface area contributed by atoms with Gasteiger partial charge in [-0.25, -0.2) is 0 Å². The Balaban J connectivity index is 1.85. The fourth-order valence-electron chi connectivity index (χ4n) is 3.67. The van der Waals surface area contributed by atoms with Gasteiger partial charge in [0.25, 0.3) is 0 Å². The SMILES string of the molecule is CCNC(c1c(Br)cnn1CC)C1CC2CC2C1. The average Bonchev–Trinajstić information content (AvgIpc) is 2.82. The number of hydrogen-bond acceptors (Lipinski definition) is 2. The molecule has 0 aromatic carbocycles. The molecule has 1 aromatic heterocycles. The molecular formula is C14H22BrN3. The topological polar surface area (TPSA) is 29.9 Å². The van der Waals surface area contributed by atoms with Gasteiger partial charge in [0, 0.05) is 6.54 Å². The largest absolute Gasteiger partial charge is 0.309 e. The lowest BCUT2D eigenvalue weighted by atomic mass is 9.92. The number of rotatable bonds is 5. The van der Waals surface area contributed by atoms with Gasteiger partial charge in [0.05, 0.1) is 22.4 Å². The molecule has 2 saturated carbocycles. The van der Waals surface area contributed by atoms with Crippen LogP contribution in [-0.4, -0.2) is 16.3 Å². The maximum absolute atomic E-state index is 4.47. The van der Waals surface area contributed by atoms with Gasteiger partial charge in [0.1, 0.15) is 0 Å². The maximum Gasteiger partial charge on any atom is 0.0698 e. The summed E-state index contributed by atoms with van der Waals surface area (Å²) in [6.45, 7) is 6.33. The molecule has 2 fully saturated rings. The minimum atomic E-state index is 0.472. The maximum atomic E-state index is 4.47. The van der Waals surface area contributed by atoms with Crippen molar-refractivity contribution in [3.05, 3.63) is 16.4 Å². The second-order valence-corrected chi connectivity index (χ2v) is 6.57. The molecule has 0 radical (unpaired) electrons. The standard InChI is InChI=1S/C14H22BrN3/c1-3-16-13(11-6-9-5-10(9)7-11)14-12(15)8-17-18(14)4-2/h8-11,13,16H,3-7H2,1-2H3. The van der Waals surface area contributed by atoms with Crippen molar-refractivity contribution in [3.63, 3.8) is 0 Å². The lowest BCUT2D eigenvalue weighted by molar-refractivity contribution is 0.327. The Labute approximate surface area is 117 Å². The molecule has 0 spiro atoms. The van der Waals surface area contributed by atoms with Crippen LogP contribution in [0.3, 0.4) is 0 Å². The second kappa shape index (κ2) is 4.97. The Kier molecular flexibility index (Phi) is 3.50. The highest BCUT2D eigenvalue weighted by molar-refractivity contribution is 9.10. The fraction of sp³-hybridized carbons (Fsp3) is 0.786. The summed E-state index contributed by atoms with van der Waals surface area (Å²) in [7, 11) is 0. The monoisotopic (exact) mass is 311 g/mol. The van der Waals surface area contributed by atoms with Crippen LogP contribution in [0.4, 0.5) is 0 Å². The van der Waals surface area contributed by atoms with E-state index in [0.29, 0.717) is 6.04 Å². The zero-order valence-electron chi connectivity index (χ0n) is 11.2. The molecule has 4 heteroatoms. The molecule has 2 aliphatic rings. The van der Waals surface area contributed by atoms with E-state index in [9.17, 15) is 0 Å². The number of hydrogen-bond donors (Lipinski definition) is 1. The summed E-state index contributed by atoms with van der Waals surface area (Å²) in [6.07, 6.45) is 6.25. The summed E-state index contributed by atoms with van der Waals surface area (Å²) in [5.74, 6) is 2.87. The Hall–Kier alpha value is -0.350. The molecule has 18 heavy (non-hydrogen) atoms. The van der Waals surface area contributed by atoms with Crippen LogP contribution in [-0.2, 0) is 6.54 Å². The average molecular weight is 312 g/mol. The van der Waals surface area contributed by atoms with E-state index in [1.165, 1.54) is 25.0 Å². The molecule has 3 unspecified atom stereocenters. The van der Waals surface area contributed by atoms with E-state index in [1.54, 1.807) is 0 Å². The van der Waals surface area contributed by atoms with Crippen molar-refractivity contribution in [1.29, 1.82) is 0 Å². The molecule has 1 heterocycles. The van der Waals surface area contributed by atoms with Crippen LogP contribution < -0.4 is 5.32 Å². The van der Waals surface area contributed by atoms with Gasteiger partial charge < -0.3 is 5.32 Å². The third kappa shape index (κ3) is 2.14. The predicted octanol–water partition coefficient (Wildman–Crippen LogP) is 3.36. The first-order chi connectivity index (χ1) is 8.74. The fourth-order valence-corrected chi connectivity index (χ4v) is 4.22. The Bertz CT molecular complexity index is 419. The molecular weight excluding hydrogens is 290 g/mol. The van der Waals surface area contributed by atoms with Crippen LogP contribution >= 0.6 is 15.9 Å². The van der Waals surface area contributed by atoms with Crippen LogP contribution in [0.2, 0.25) is 0 Å². The highest BCUT2D eigenvalue weighted by atomic mass is 79.9. The Morgan fingerprint density at radius 1 is 1.39 bits per heavy atom. The van der Waals surface area contributed by atoms with Gasteiger partial charge in [-0.15, -0.1) is 0 Å². The molecule has 0 amide bonds. The van der Waals surface area contributed by atoms with Crippen molar-refractivity contribution >= 4 is 15.9 Å². The quantitative estimate of drug-likeness (QED) is 0.903. The zero-order chi connectivity index (χ0) is 12.7. The number of nitrogens with zero attached hydrogens (tertiary/aromatic N) is 2.